The van der Waals surface area contributed by atoms with Crippen molar-refractivity contribution in [3.63, 3.8) is 0 Å². The number of rotatable bonds is 3. The van der Waals surface area contributed by atoms with Gasteiger partial charge in [-0.3, -0.25) is 0 Å². The van der Waals surface area contributed by atoms with Gasteiger partial charge >= 0.3 is 6.92 Å². The van der Waals surface area contributed by atoms with E-state index in [0.29, 0.717) is 5.92 Å². The summed E-state index contributed by atoms with van der Waals surface area (Å²) < 4.78 is 0. The molecular formula is C13H25BO. The number of hydrogen-bond acceptors (Lipinski definition) is 1. The predicted molar refractivity (Wildman–Crippen MR) is 67.9 cm³/mol. The zero-order valence-electron chi connectivity index (χ0n) is 10.5. The van der Waals surface area contributed by atoms with Crippen molar-refractivity contribution in [3.05, 3.63) is 11.5 Å². The van der Waals surface area contributed by atoms with Crippen molar-refractivity contribution in [1.29, 1.82) is 0 Å². The molecular weight excluding hydrogens is 183 g/mol. The van der Waals surface area contributed by atoms with Gasteiger partial charge in [0.05, 0.1) is 0 Å². The first-order valence-electron chi connectivity index (χ1n) is 6.50. The molecule has 1 rings (SSSR count). The first-order chi connectivity index (χ1) is 7.13. The maximum Gasteiger partial charge on any atom is 0.319 e. The normalized spacial score (nSPS) is 30.7. The molecule has 0 radical (unpaired) electrons. The Balaban J connectivity index is 2.56. The van der Waals surface area contributed by atoms with Crippen LogP contribution in [0.5, 0.6) is 0 Å². The van der Waals surface area contributed by atoms with Crippen LogP contribution < -0.4 is 0 Å². The smallest absolute Gasteiger partial charge is 0.319 e. The first kappa shape index (κ1) is 12.8. The van der Waals surface area contributed by atoms with Crippen LogP contribution in [0.1, 0.15) is 52.9 Å². The molecule has 0 spiro atoms. The molecule has 0 aromatic carbocycles. The maximum atomic E-state index is 10.1. The van der Waals surface area contributed by atoms with E-state index in [2.05, 4.69) is 26.8 Å². The van der Waals surface area contributed by atoms with Gasteiger partial charge in [-0.05, 0) is 37.4 Å². The molecule has 2 unspecified atom stereocenters. The lowest BCUT2D eigenvalue weighted by Gasteiger charge is -2.10. The van der Waals surface area contributed by atoms with Gasteiger partial charge in [0.15, 0.2) is 0 Å². The van der Waals surface area contributed by atoms with E-state index >= 15 is 0 Å². The summed E-state index contributed by atoms with van der Waals surface area (Å²) in [5.74, 6) is 1.41. The van der Waals surface area contributed by atoms with E-state index in [4.69, 9.17) is 0 Å². The zero-order valence-corrected chi connectivity index (χ0v) is 10.5. The lowest BCUT2D eigenvalue weighted by Crippen LogP contribution is -2.16. The fourth-order valence-corrected chi connectivity index (χ4v) is 2.65. The van der Waals surface area contributed by atoms with Gasteiger partial charge in [-0.2, -0.15) is 0 Å². The number of unbranched alkanes of at least 4 members (excludes halogenated alkanes) is 2. The van der Waals surface area contributed by atoms with Gasteiger partial charge in [-0.25, -0.2) is 0 Å². The minimum absolute atomic E-state index is 0.165. The summed E-state index contributed by atoms with van der Waals surface area (Å²) in [6, 6.07) is 0. The highest BCUT2D eigenvalue weighted by molar-refractivity contribution is 6.59. The Hall–Kier alpha value is -0.235. The van der Waals surface area contributed by atoms with E-state index in [0.717, 1.165) is 25.1 Å². The fourth-order valence-electron chi connectivity index (χ4n) is 2.65. The van der Waals surface area contributed by atoms with E-state index in [-0.39, 0.29) is 6.92 Å². The summed E-state index contributed by atoms with van der Waals surface area (Å²) in [4.78, 5) is 0. The van der Waals surface area contributed by atoms with E-state index in [1.54, 1.807) is 0 Å². The minimum Gasteiger partial charge on any atom is -0.447 e. The van der Waals surface area contributed by atoms with Crippen LogP contribution in [0, 0.1) is 11.8 Å². The Morgan fingerprint density at radius 2 is 2.13 bits per heavy atom. The highest BCUT2D eigenvalue weighted by Crippen LogP contribution is 2.30. The Labute approximate surface area is 95.1 Å². The van der Waals surface area contributed by atoms with E-state index in [1.165, 1.54) is 24.7 Å². The molecule has 0 aromatic rings. The van der Waals surface area contributed by atoms with Crippen LogP contribution in [0.2, 0.25) is 6.32 Å². The van der Waals surface area contributed by atoms with Gasteiger partial charge in [-0.1, -0.05) is 45.2 Å². The van der Waals surface area contributed by atoms with Gasteiger partial charge < -0.3 is 5.02 Å². The van der Waals surface area contributed by atoms with Crippen LogP contribution in [0.4, 0.5) is 0 Å². The van der Waals surface area contributed by atoms with Crippen LogP contribution in [0.25, 0.3) is 0 Å². The number of hydrogen-bond donors (Lipinski definition) is 1. The number of allylic oxidation sites excluding steroid dienone is 2. The molecule has 1 aliphatic heterocycles. The summed E-state index contributed by atoms with van der Waals surface area (Å²) in [7, 11) is 0. The molecule has 0 aliphatic carbocycles. The first-order valence-corrected chi connectivity index (χ1v) is 6.50. The molecule has 1 heterocycles. The standard InChI is InChI=1S/C13H25BO/c1-4-5-6-7-13-9-11(2)8-12(3)10-14(13)15/h7,11-12,15H,4-6,8-10H2,1-3H3/b13-7-. The molecule has 0 bridgehead atoms. The summed E-state index contributed by atoms with van der Waals surface area (Å²) >= 11 is 0. The van der Waals surface area contributed by atoms with Crippen molar-refractivity contribution in [3.8, 4) is 0 Å². The van der Waals surface area contributed by atoms with Crippen LogP contribution in [-0.2, 0) is 0 Å². The molecule has 2 atom stereocenters. The Morgan fingerprint density at radius 3 is 2.80 bits per heavy atom. The minimum atomic E-state index is -0.165. The van der Waals surface area contributed by atoms with Crippen molar-refractivity contribution < 1.29 is 5.02 Å². The largest absolute Gasteiger partial charge is 0.447 e. The molecule has 1 N–H and O–H groups in total. The van der Waals surface area contributed by atoms with Gasteiger partial charge in [-0.15, -0.1) is 0 Å². The van der Waals surface area contributed by atoms with Crippen LogP contribution in [-0.4, -0.2) is 11.9 Å². The average molecular weight is 208 g/mol. The molecule has 15 heavy (non-hydrogen) atoms. The molecule has 0 saturated carbocycles. The van der Waals surface area contributed by atoms with Crippen molar-refractivity contribution in [2.24, 2.45) is 11.8 Å². The van der Waals surface area contributed by atoms with Crippen LogP contribution in [0.15, 0.2) is 11.5 Å². The molecule has 0 amide bonds. The van der Waals surface area contributed by atoms with E-state index < -0.39 is 0 Å². The second kappa shape index (κ2) is 6.37. The van der Waals surface area contributed by atoms with E-state index in [1.807, 2.05) is 0 Å². The maximum absolute atomic E-state index is 10.1. The van der Waals surface area contributed by atoms with Gasteiger partial charge in [0.25, 0.3) is 0 Å². The van der Waals surface area contributed by atoms with Crippen molar-refractivity contribution in [1.82, 2.24) is 0 Å². The second-order valence-corrected chi connectivity index (χ2v) is 5.32. The molecule has 0 aromatic heterocycles. The summed E-state index contributed by atoms with van der Waals surface area (Å²) in [6.07, 6.45) is 9.26. The van der Waals surface area contributed by atoms with Crippen molar-refractivity contribution in [2.45, 2.75) is 59.2 Å². The monoisotopic (exact) mass is 208 g/mol. The Kier molecular flexibility index (Phi) is 5.45. The zero-order chi connectivity index (χ0) is 11.3. The third-order valence-corrected chi connectivity index (χ3v) is 3.41. The topological polar surface area (TPSA) is 20.2 Å². The predicted octanol–water partition coefficient (Wildman–Crippen LogP) is 3.69. The quantitative estimate of drug-likeness (QED) is 0.553. The van der Waals surface area contributed by atoms with Gasteiger partial charge in [0, 0.05) is 0 Å². The van der Waals surface area contributed by atoms with Crippen LogP contribution in [0.3, 0.4) is 0 Å². The molecule has 1 fully saturated rings. The van der Waals surface area contributed by atoms with Crippen LogP contribution >= 0.6 is 0 Å². The molecule has 2 heteroatoms. The molecule has 1 nitrogen and oxygen atoms in total. The third-order valence-electron chi connectivity index (χ3n) is 3.41. The lowest BCUT2D eigenvalue weighted by atomic mass is 9.55. The highest BCUT2D eigenvalue weighted by atomic mass is 16.2. The lowest BCUT2D eigenvalue weighted by molar-refractivity contribution is 0.445. The van der Waals surface area contributed by atoms with Gasteiger partial charge in [0.2, 0.25) is 0 Å². The highest BCUT2D eigenvalue weighted by Gasteiger charge is 2.26. The average Bonchev–Trinajstić information content (AvgIpc) is 2.26. The van der Waals surface area contributed by atoms with Crippen molar-refractivity contribution in [2.75, 3.05) is 0 Å². The van der Waals surface area contributed by atoms with E-state index in [9.17, 15) is 5.02 Å². The fraction of sp³-hybridized carbons (Fsp3) is 0.846. The summed E-state index contributed by atoms with van der Waals surface area (Å²) in [6.45, 7) is 6.62. The summed E-state index contributed by atoms with van der Waals surface area (Å²) in [5, 5.41) is 10.1. The Bertz CT molecular complexity index is 213. The van der Waals surface area contributed by atoms with Crippen molar-refractivity contribution >= 4 is 6.92 Å². The third kappa shape index (κ3) is 4.42. The van der Waals surface area contributed by atoms with Gasteiger partial charge in [0.1, 0.15) is 0 Å². The molecule has 1 aliphatic rings. The molecule has 86 valence electrons. The molecule has 1 saturated heterocycles. The Morgan fingerprint density at radius 1 is 1.40 bits per heavy atom. The SMILES string of the molecule is CCCC/C=C1/CC(C)CC(C)CB1O. The summed E-state index contributed by atoms with van der Waals surface area (Å²) in [5.41, 5.74) is 1.31. The second-order valence-electron chi connectivity index (χ2n) is 5.32.